The van der Waals surface area contributed by atoms with Gasteiger partial charge in [0.2, 0.25) is 6.33 Å². The molecule has 0 atom stereocenters. The van der Waals surface area contributed by atoms with E-state index in [0.29, 0.717) is 0 Å². The third kappa shape index (κ3) is 4.02. The molecule has 40 heavy (non-hydrogen) atoms. The Labute approximate surface area is 233 Å². The van der Waals surface area contributed by atoms with Crippen molar-refractivity contribution < 1.29 is 9.30 Å². The van der Waals surface area contributed by atoms with E-state index in [1.165, 1.54) is 16.3 Å². The molecule has 196 valence electrons. The van der Waals surface area contributed by atoms with Crippen LogP contribution in [0.25, 0.3) is 44.3 Å². The average molecular weight is 523 g/mol. The van der Waals surface area contributed by atoms with Crippen LogP contribution in [-0.4, -0.2) is 14.1 Å². The van der Waals surface area contributed by atoms with E-state index in [0.717, 1.165) is 45.1 Å². The molecule has 0 N–H and O–H groups in total. The molecule has 0 amide bonds. The molecule has 3 aromatic heterocycles. The molecular weight excluding hydrogens is 492 g/mol. The first-order chi connectivity index (χ1) is 19.4. The van der Waals surface area contributed by atoms with Crippen LogP contribution in [0.5, 0.6) is 11.5 Å². The quantitative estimate of drug-likeness (QED) is 0.174. The molecule has 0 radical (unpaired) electrons. The third-order valence-corrected chi connectivity index (χ3v) is 7.53. The van der Waals surface area contributed by atoms with Crippen LogP contribution in [0.4, 0.5) is 0 Å². The van der Waals surface area contributed by atoms with Crippen LogP contribution in [0.2, 0.25) is 0 Å². The number of fused-ring (bicyclic) bond motifs is 4. The fourth-order valence-corrected chi connectivity index (χ4v) is 5.48. The van der Waals surface area contributed by atoms with Gasteiger partial charge in [-0.2, -0.15) is 0 Å². The molecule has 0 aliphatic heterocycles. The number of rotatable bonds is 4. The lowest BCUT2D eigenvalue weighted by Crippen LogP contribution is -2.26. The first-order valence-electron chi connectivity index (χ1n) is 13.5. The highest BCUT2D eigenvalue weighted by atomic mass is 16.5. The summed E-state index contributed by atoms with van der Waals surface area (Å²) >= 11 is 0. The van der Waals surface area contributed by atoms with E-state index >= 15 is 0 Å². The number of pyridine rings is 1. The van der Waals surface area contributed by atoms with Crippen LogP contribution in [0.15, 0.2) is 109 Å². The number of nitrogens with zero attached hydrogens (tertiary/aromatic N) is 4. The molecule has 0 spiro atoms. The maximum absolute atomic E-state index is 6.46. The third-order valence-electron chi connectivity index (χ3n) is 7.53. The van der Waals surface area contributed by atoms with E-state index in [9.17, 15) is 0 Å². The Morgan fingerprint density at radius 3 is 2.33 bits per heavy atom. The van der Waals surface area contributed by atoms with Gasteiger partial charge in [0.25, 0.3) is 0 Å². The molecule has 7 aromatic rings. The average Bonchev–Trinajstić information content (AvgIpc) is 3.47. The molecule has 5 nitrogen and oxygen atoms in total. The number of para-hydroxylation sites is 3. The molecular formula is C35H30N4O. The Bertz CT molecular complexity index is 2040. The largest absolute Gasteiger partial charge is 0.458 e. The van der Waals surface area contributed by atoms with Gasteiger partial charge in [-0.1, -0.05) is 75.4 Å². The van der Waals surface area contributed by atoms with Crippen molar-refractivity contribution in [2.75, 3.05) is 0 Å². The molecule has 0 saturated heterocycles. The van der Waals surface area contributed by atoms with Crippen molar-refractivity contribution in [1.82, 2.24) is 14.1 Å². The summed E-state index contributed by atoms with van der Waals surface area (Å²) in [6.45, 7) is 6.69. The summed E-state index contributed by atoms with van der Waals surface area (Å²) in [7, 11) is 2.01. The smallest absolute Gasteiger partial charge is 0.244 e. The Hall–Kier alpha value is -4.90. The second-order valence-corrected chi connectivity index (χ2v) is 11.3. The minimum atomic E-state index is 0.0231. The molecule has 0 aliphatic rings. The van der Waals surface area contributed by atoms with Crippen molar-refractivity contribution in [3.63, 3.8) is 0 Å². The fourth-order valence-electron chi connectivity index (χ4n) is 5.48. The SMILES string of the molecule is C[n+]1[c-]n(-c2cccc(Oc3ccc4c5ccccc5n(-c5cc(C(C)(C)C)ccn5)c4c3)c2)c2ccccc21. The number of aryl methyl sites for hydroxylation is 1. The Balaban J connectivity index is 1.33. The second kappa shape index (κ2) is 9.09. The van der Waals surface area contributed by atoms with Gasteiger partial charge in [-0.25, -0.2) is 4.98 Å². The lowest BCUT2D eigenvalue weighted by atomic mass is 9.88. The number of ether oxygens (including phenoxy) is 1. The molecule has 4 aromatic carbocycles. The zero-order chi connectivity index (χ0) is 27.4. The highest BCUT2D eigenvalue weighted by molar-refractivity contribution is 6.09. The van der Waals surface area contributed by atoms with Crippen molar-refractivity contribution in [1.29, 1.82) is 0 Å². The van der Waals surface area contributed by atoms with Crippen LogP contribution in [0.3, 0.4) is 0 Å². The van der Waals surface area contributed by atoms with E-state index in [1.54, 1.807) is 0 Å². The van der Waals surface area contributed by atoms with Crippen molar-refractivity contribution in [3.8, 4) is 23.0 Å². The predicted octanol–water partition coefficient (Wildman–Crippen LogP) is 7.84. The summed E-state index contributed by atoms with van der Waals surface area (Å²) in [6, 6.07) is 35.5. The topological polar surface area (TPSA) is 35.9 Å². The highest BCUT2D eigenvalue weighted by Gasteiger charge is 2.18. The van der Waals surface area contributed by atoms with Crippen molar-refractivity contribution >= 4 is 32.8 Å². The van der Waals surface area contributed by atoms with Gasteiger partial charge < -0.3 is 13.9 Å². The van der Waals surface area contributed by atoms with Gasteiger partial charge >= 0.3 is 0 Å². The van der Waals surface area contributed by atoms with Crippen LogP contribution in [-0.2, 0) is 12.5 Å². The van der Waals surface area contributed by atoms with Gasteiger partial charge in [0.15, 0.2) is 0 Å². The standard InChI is InChI=1S/C35H30N4O/c1-35(2,3)24-18-19-36-34(20-24)39-30-13-6-5-12-28(30)29-17-16-27(22-33(29)39)40-26-11-9-10-25(21-26)38-23-37(4)31-14-7-8-15-32(31)38/h5-22H,1-4H3. The monoisotopic (exact) mass is 522 g/mol. The van der Waals surface area contributed by atoms with Crippen LogP contribution < -0.4 is 9.30 Å². The Kier molecular flexibility index (Phi) is 5.49. The lowest BCUT2D eigenvalue weighted by molar-refractivity contribution is -0.649. The minimum absolute atomic E-state index is 0.0231. The molecule has 0 fully saturated rings. The van der Waals surface area contributed by atoms with Crippen molar-refractivity contribution in [2.45, 2.75) is 26.2 Å². The highest BCUT2D eigenvalue weighted by Crippen LogP contribution is 2.36. The zero-order valence-electron chi connectivity index (χ0n) is 23.1. The molecule has 0 bridgehead atoms. The van der Waals surface area contributed by atoms with E-state index in [-0.39, 0.29) is 5.41 Å². The second-order valence-electron chi connectivity index (χ2n) is 11.3. The number of benzene rings is 4. The van der Waals surface area contributed by atoms with Gasteiger partial charge in [0, 0.05) is 23.0 Å². The van der Waals surface area contributed by atoms with E-state index in [1.807, 2.05) is 48.1 Å². The summed E-state index contributed by atoms with van der Waals surface area (Å²) in [4.78, 5) is 4.80. The number of hydrogen-bond donors (Lipinski definition) is 0. The molecule has 0 saturated carbocycles. The summed E-state index contributed by atoms with van der Waals surface area (Å²) in [5.74, 6) is 2.44. The van der Waals surface area contributed by atoms with Gasteiger partial charge in [-0.15, -0.1) is 0 Å². The van der Waals surface area contributed by atoms with Crippen LogP contribution in [0, 0.1) is 6.33 Å². The van der Waals surface area contributed by atoms with Crippen molar-refractivity contribution in [3.05, 3.63) is 121 Å². The van der Waals surface area contributed by atoms with E-state index < -0.39 is 0 Å². The molecule has 0 unspecified atom stereocenters. The van der Waals surface area contributed by atoms with Crippen LogP contribution in [0.1, 0.15) is 26.3 Å². The lowest BCUT2D eigenvalue weighted by Gasteiger charge is -2.20. The normalized spacial score (nSPS) is 12.0. The Morgan fingerprint density at radius 2 is 1.48 bits per heavy atom. The van der Waals surface area contributed by atoms with E-state index in [2.05, 4.69) is 109 Å². The summed E-state index contributed by atoms with van der Waals surface area (Å²) in [5, 5.41) is 2.36. The van der Waals surface area contributed by atoms with Gasteiger partial charge in [-0.3, -0.25) is 4.57 Å². The summed E-state index contributed by atoms with van der Waals surface area (Å²) in [6.07, 6.45) is 5.31. The summed E-state index contributed by atoms with van der Waals surface area (Å²) in [5.41, 5.74) is 6.66. The first-order valence-corrected chi connectivity index (χ1v) is 13.5. The zero-order valence-corrected chi connectivity index (χ0v) is 23.1. The van der Waals surface area contributed by atoms with Crippen molar-refractivity contribution in [2.24, 2.45) is 7.05 Å². The number of imidazole rings is 1. The number of hydrogen-bond acceptors (Lipinski definition) is 2. The maximum atomic E-state index is 6.46. The molecule has 3 heterocycles. The van der Waals surface area contributed by atoms with Gasteiger partial charge in [-0.05, 0) is 53.4 Å². The Morgan fingerprint density at radius 1 is 0.725 bits per heavy atom. The molecule has 0 aliphatic carbocycles. The van der Waals surface area contributed by atoms with Crippen LogP contribution >= 0.6 is 0 Å². The van der Waals surface area contributed by atoms with Gasteiger partial charge in [0.1, 0.15) is 17.3 Å². The summed E-state index contributed by atoms with van der Waals surface area (Å²) < 4.78 is 12.8. The maximum Gasteiger partial charge on any atom is 0.244 e. The number of aromatic nitrogens is 4. The van der Waals surface area contributed by atoms with E-state index in [4.69, 9.17) is 9.72 Å². The first kappa shape index (κ1) is 24.2. The predicted molar refractivity (Wildman–Crippen MR) is 161 cm³/mol. The molecule has 5 heteroatoms. The fraction of sp³-hybridized carbons (Fsp3) is 0.143. The molecule has 7 rings (SSSR count). The minimum Gasteiger partial charge on any atom is -0.458 e. The van der Waals surface area contributed by atoms with Gasteiger partial charge in [0.05, 0.1) is 34.8 Å².